The van der Waals surface area contributed by atoms with Crippen molar-refractivity contribution in [2.45, 2.75) is 17.5 Å². The van der Waals surface area contributed by atoms with Crippen LogP contribution in [0.5, 0.6) is 0 Å². The van der Waals surface area contributed by atoms with Gasteiger partial charge in [-0.3, -0.25) is 0 Å². The third-order valence-electron chi connectivity index (χ3n) is 3.53. The lowest BCUT2D eigenvalue weighted by Crippen LogP contribution is -2.05. The molecule has 1 unspecified atom stereocenters. The van der Waals surface area contributed by atoms with Crippen LogP contribution in [-0.2, 0) is 22.3 Å². The summed E-state index contributed by atoms with van der Waals surface area (Å²) < 4.78 is 72.2. The van der Waals surface area contributed by atoms with E-state index in [0.29, 0.717) is 11.3 Å². The first-order valence-corrected chi connectivity index (χ1v) is 9.53. The molecule has 142 valence electrons. The van der Waals surface area contributed by atoms with Gasteiger partial charge in [0.2, 0.25) is 0 Å². The molecule has 2 aromatic carbocycles. The summed E-state index contributed by atoms with van der Waals surface area (Å²) in [6, 6.07) is 11.9. The van der Waals surface area contributed by atoms with Gasteiger partial charge in [0, 0.05) is 12.7 Å². The molecule has 1 aromatic heterocycles. The number of rotatable bonds is 4. The van der Waals surface area contributed by atoms with E-state index in [4.69, 9.17) is 0 Å². The van der Waals surface area contributed by atoms with Crippen LogP contribution < -0.4 is 0 Å². The fraction of sp³-hybridized carbons (Fsp3) is 0.176. The Labute approximate surface area is 152 Å². The Morgan fingerprint density at radius 1 is 1.11 bits per heavy atom. The second-order valence-electron chi connectivity index (χ2n) is 5.68. The molecule has 10 heteroatoms. The lowest BCUT2D eigenvalue weighted by atomic mass is 10.1. The average molecular weight is 399 g/mol. The molecule has 0 bridgehead atoms. The van der Waals surface area contributed by atoms with Crippen LogP contribution in [0, 0.1) is 5.82 Å². The van der Waals surface area contributed by atoms with Gasteiger partial charge in [0.25, 0.3) is 0 Å². The van der Waals surface area contributed by atoms with Gasteiger partial charge in [0.1, 0.15) is 5.82 Å². The summed E-state index contributed by atoms with van der Waals surface area (Å²) in [5, 5.41) is 3.29. The van der Waals surface area contributed by atoms with Crippen LogP contribution in [0.25, 0.3) is 0 Å². The third kappa shape index (κ3) is 4.51. The van der Waals surface area contributed by atoms with Gasteiger partial charge >= 0.3 is 12.1 Å². The zero-order chi connectivity index (χ0) is 19.7. The Morgan fingerprint density at radius 2 is 1.78 bits per heavy atom. The predicted octanol–water partition coefficient (Wildman–Crippen LogP) is 4.61. The quantitative estimate of drug-likeness (QED) is 0.601. The molecule has 27 heavy (non-hydrogen) atoms. The van der Waals surface area contributed by atoms with E-state index < -0.39 is 27.6 Å². The van der Waals surface area contributed by atoms with Crippen molar-refractivity contribution < 1.29 is 26.3 Å². The summed E-state index contributed by atoms with van der Waals surface area (Å²) in [5.74, 6) is -2.12. The molecule has 3 rings (SSSR count). The fourth-order valence-electron chi connectivity index (χ4n) is 2.30. The molecule has 0 aliphatic heterocycles. The first-order valence-electron chi connectivity index (χ1n) is 7.60. The molecule has 0 aliphatic carbocycles. The molecule has 3 aromatic rings. The number of alkyl halides is 3. The Balaban J connectivity index is 1.80. The summed E-state index contributed by atoms with van der Waals surface area (Å²) in [6.45, 7) is 0. The molecule has 1 heterocycles. The van der Waals surface area contributed by atoms with E-state index in [1.165, 1.54) is 36.6 Å². The third-order valence-corrected chi connectivity index (χ3v) is 5.24. The maximum atomic E-state index is 13.8. The lowest BCUT2D eigenvalue weighted by molar-refractivity contribution is -0.159. The van der Waals surface area contributed by atoms with Crippen LogP contribution in [0.4, 0.5) is 23.2 Å². The van der Waals surface area contributed by atoms with Gasteiger partial charge in [0.15, 0.2) is 5.82 Å². The number of hydrogen-bond donors (Lipinski definition) is 0. The van der Waals surface area contributed by atoms with Crippen LogP contribution in [0.2, 0.25) is 0 Å². The average Bonchev–Trinajstić information content (AvgIpc) is 3.05. The van der Waals surface area contributed by atoms with E-state index in [9.17, 15) is 21.8 Å². The minimum absolute atomic E-state index is 0.000513. The van der Waals surface area contributed by atoms with Gasteiger partial charge in [-0.2, -0.15) is 22.5 Å². The maximum Gasteiger partial charge on any atom is 0.471 e. The Kier molecular flexibility index (Phi) is 5.01. The molecular weight excluding hydrogens is 386 g/mol. The van der Waals surface area contributed by atoms with Crippen LogP contribution in [-0.4, -0.2) is 20.6 Å². The summed E-state index contributed by atoms with van der Waals surface area (Å²) in [4.78, 5) is 3.29. The topological polar surface area (TPSA) is 68.3 Å². The van der Waals surface area contributed by atoms with Gasteiger partial charge in [-0.1, -0.05) is 29.4 Å². The first-order chi connectivity index (χ1) is 12.6. The second kappa shape index (κ2) is 7.10. The van der Waals surface area contributed by atoms with Crippen molar-refractivity contribution in [3.8, 4) is 0 Å². The van der Waals surface area contributed by atoms with E-state index >= 15 is 0 Å². The van der Waals surface area contributed by atoms with Gasteiger partial charge in [0.05, 0.1) is 20.3 Å². The highest BCUT2D eigenvalue weighted by Crippen LogP contribution is 2.28. The number of nitrogens with zero attached hydrogens (tertiary/aromatic N) is 3. The number of benzene rings is 2. The van der Waals surface area contributed by atoms with E-state index in [2.05, 4.69) is 19.0 Å². The van der Waals surface area contributed by atoms with Gasteiger partial charge in [-0.15, -0.1) is 0 Å². The number of halogens is 4. The van der Waals surface area contributed by atoms with Crippen molar-refractivity contribution in [3.63, 3.8) is 0 Å². The highest BCUT2D eigenvalue weighted by molar-refractivity contribution is 7.93. The van der Waals surface area contributed by atoms with Gasteiger partial charge < -0.3 is 4.52 Å². The second-order valence-corrected chi connectivity index (χ2v) is 7.91. The highest BCUT2D eigenvalue weighted by atomic mass is 32.2. The standard InChI is InChI=1S/C17H13F4N3O2S/c1-27(25,14-5-3-2-4-13(14)18)24-12-8-6-11(7-9-12)10-15-22-16(26-23-15)17(19,20)21/h2-9H,10H2,1H3. The molecule has 0 saturated carbocycles. The number of hydrogen-bond acceptors (Lipinski definition) is 5. The smallest absolute Gasteiger partial charge is 0.329 e. The van der Waals surface area contributed by atoms with Gasteiger partial charge in [-0.25, -0.2) is 8.60 Å². The van der Waals surface area contributed by atoms with Crippen molar-refractivity contribution in [1.29, 1.82) is 0 Å². The molecule has 0 fully saturated rings. The minimum Gasteiger partial charge on any atom is -0.329 e. The van der Waals surface area contributed by atoms with E-state index in [-0.39, 0.29) is 17.1 Å². The van der Waals surface area contributed by atoms with Crippen LogP contribution in [0.15, 0.2) is 62.3 Å². The molecule has 0 aliphatic rings. The Bertz CT molecular complexity index is 1070. The largest absolute Gasteiger partial charge is 0.471 e. The molecule has 0 radical (unpaired) electrons. The van der Waals surface area contributed by atoms with Crippen molar-refractivity contribution in [2.24, 2.45) is 4.36 Å². The van der Waals surface area contributed by atoms with Crippen LogP contribution >= 0.6 is 0 Å². The maximum absolute atomic E-state index is 13.8. The Hall–Kier alpha value is -2.75. The van der Waals surface area contributed by atoms with Crippen molar-refractivity contribution in [3.05, 3.63) is 71.6 Å². The van der Waals surface area contributed by atoms with Crippen LogP contribution in [0.3, 0.4) is 0 Å². The molecule has 0 N–H and O–H groups in total. The summed E-state index contributed by atoms with van der Waals surface area (Å²) in [6.07, 6.45) is -3.34. The molecule has 1 atom stereocenters. The minimum atomic E-state index is -4.69. The zero-order valence-corrected chi connectivity index (χ0v) is 14.7. The summed E-state index contributed by atoms with van der Waals surface area (Å²) in [7, 11) is -2.99. The van der Waals surface area contributed by atoms with Crippen molar-refractivity contribution >= 4 is 15.4 Å². The van der Waals surface area contributed by atoms with E-state index in [1.807, 2.05) is 0 Å². The molecular formula is C17H13F4N3O2S. The summed E-state index contributed by atoms with van der Waals surface area (Å²) in [5.41, 5.74) is 0.954. The van der Waals surface area contributed by atoms with Crippen molar-refractivity contribution in [1.82, 2.24) is 10.1 Å². The SMILES string of the molecule is CS(=O)(=Nc1ccc(Cc2noc(C(F)(F)F)n2)cc1)c1ccccc1F. The first kappa shape index (κ1) is 19.0. The number of aromatic nitrogens is 2. The predicted molar refractivity (Wildman–Crippen MR) is 89.4 cm³/mol. The van der Waals surface area contributed by atoms with Gasteiger partial charge in [-0.05, 0) is 29.8 Å². The Morgan fingerprint density at radius 3 is 2.37 bits per heavy atom. The molecule has 0 spiro atoms. The van der Waals surface area contributed by atoms with E-state index in [0.717, 1.165) is 0 Å². The fourth-order valence-corrected chi connectivity index (χ4v) is 3.68. The van der Waals surface area contributed by atoms with Crippen molar-refractivity contribution in [2.75, 3.05) is 6.26 Å². The normalized spacial score (nSPS) is 14.0. The molecule has 0 amide bonds. The monoisotopic (exact) mass is 399 g/mol. The highest BCUT2D eigenvalue weighted by Gasteiger charge is 2.38. The van der Waals surface area contributed by atoms with Crippen LogP contribution in [0.1, 0.15) is 17.3 Å². The van der Waals surface area contributed by atoms with E-state index in [1.54, 1.807) is 18.2 Å². The summed E-state index contributed by atoms with van der Waals surface area (Å²) >= 11 is 0. The molecule has 0 saturated heterocycles. The zero-order valence-electron chi connectivity index (χ0n) is 13.9. The lowest BCUT2D eigenvalue weighted by Gasteiger charge is -2.06. The molecule has 5 nitrogen and oxygen atoms in total.